The molecule has 0 saturated heterocycles. The van der Waals surface area contributed by atoms with Crippen LogP contribution < -0.4 is 4.72 Å². The lowest BCUT2D eigenvalue weighted by Crippen LogP contribution is -2.26. The molecule has 0 radical (unpaired) electrons. The Kier molecular flexibility index (Phi) is 5.27. The Balaban J connectivity index is 1.63. The van der Waals surface area contributed by atoms with Crippen molar-refractivity contribution in [3.8, 4) is 10.6 Å². The molecule has 0 saturated carbocycles. The summed E-state index contributed by atoms with van der Waals surface area (Å²) < 4.78 is 27.4. The van der Waals surface area contributed by atoms with Gasteiger partial charge in [-0.2, -0.15) is 0 Å². The number of pyridine rings is 1. The first-order valence-corrected chi connectivity index (χ1v) is 10.2. The van der Waals surface area contributed by atoms with E-state index in [-0.39, 0.29) is 0 Å². The summed E-state index contributed by atoms with van der Waals surface area (Å²) in [6.07, 6.45) is 4.03. The molecule has 0 atom stereocenters. The highest BCUT2D eigenvalue weighted by Crippen LogP contribution is 2.22. The van der Waals surface area contributed by atoms with Crippen molar-refractivity contribution in [2.24, 2.45) is 0 Å². The van der Waals surface area contributed by atoms with E-state index in [4.69, 9.17) is 0 Å². The number of nitrogens with zero attached hydrogens (tertiary/aromatic N) is 2. The van der Waals surface area contributed by atoms with Crippen LogP contribution in [-0.4, -0.2) is 24.9 Å². The first-order chi connectivity index (χ1) is 12.0. The van der Waals surface area contributed by atoms with Crippen LogP contribution in [0.15, 0.2) is 53.0 Å². The number of thiazole rings is 1. The lowest BCUT2D eigenvalue weighted by Gasteiger charge is -2.08. The van der Waals surface area contributed by atoms with Crippen LogP contribution in [0.1, 0.15) is 16.8 Å². The third kappa shape index (κ3) is 4.31. The SMILES string of the molecule is Cc1ccc(S(=O)(=O)NCCc2csc(-c3cccnc3)n2)cc1C. The molecule has 0 fully saturated rings. The minimum atomic E-state index is -3.50. The van der Waals surface area contributed by atoms with Gasteiger partial charge in [-0.25, -0.2) is 18.1 Å². The van der Waals surface area contributed by atoms with Gasteiger partial charge in [-0.15, -0.1) is 11.3 Å². The van der Waals surface area contributed by atoms with Crippen LogP contribution in [0.5, 0.6) is 0 Å². The third-order valence-electron chi connectivity index (χ3n) is 3.92. The molecular formula is C18H19N3O2S2. The van der Waals surface area contributed by atoms with E-state index < -0.39 is 10.0 Å². The number of rotatable bonds is 6. The molecule has 2 aromatic heterocycles. The van der Waals surface area contributed by atoms with Crippen molar-refractivity contribution >= 4 is 21.4 Å². The van der Waals surface area contributed by atoms with E-state index in [1.165, 1.54) is 11.3 Å². The van der Waals surface area contributed by atoms with Crippen LogP contribution in [0, 0.1) is 13.8 Å². The largest absolute Gasteiger partial charge is 0.264 e. The molecule has 0 unspecified atom stereocenters. The molecule has 0 aliphatic heterocycles. The Hall–Kier alpha value is -2.09. The van der Waals surface area contributed by atoms with E-state index >= 15 is 0 Å². The van der Waals surface area contributed by atoms with Crippen LogP contribution in [-0.2, 0) is 16.4 Å². The van der Waals surface area contributed by atoms with Crippen molar-refractivity contribution in [2.45, 2.75) is 25.2 Å². The molecule has 3 aromatic rings. The second-order valence-corrected chi connectivity index (χ2v) is 8.40. The number of hydrogen-bond acceptors (Lipinski definition) is 5. The Bertz CT molecular complexity index is 967. The molecule has 1 N–H and O–H groups in total. The summed E-state index contributed by atoms with van der Waals surface area (Å²) in [6, 6.07) is 8.98. The Morgan fingerprint density at radius 1 is 1.16 bits per heavy atom. The third-order valence-corrected chi connectivity index (χ3v) is 6.32. The van der Waals surface area contributed by atoms with Gasteiger partial charge in [0.1, 0.15) is 5.01 Å². The van der Waals surface area contributed by atoms with Gasteiger partial charge in [-0.1, -0.05) is 6.07 Å². The highest BCUT2D eigenvalue weighted by molar-refractivity contribution is 7.89. The molecule has 0 spiro atoms. The van der Waals surface area contributed by atoms with Gasteiger partial charge in [0.15, 0.2) is 0 Å². The molecule has 3 rings (SSSR count). The second-order valence-electron chi connectivity index (χ2n) is 5.78. The highest BCUT2D eigenvalue weighted by Gasteiger charge is 2.14. The fraction of sp³-hybridized carbons (Fsp3) is 0.222. The van der Waals surface area contributed by atoms with Gasteiger partial charge < -0.3 is 0 Å². The lowest BCUT2D eigenvalue weighted by molar-refractivity contribution is 0.581. The standard InChI is InChI=1S/C18H19N3O2S2/c1-13-5-6-17(10-14(13)2)25(22,23)20-9-7-16-12-24-18(21-16)15-4-3-8-19-11-15/h3-6,8,10-12,20H,7,9H2,1-2H3. The van der Waals surface area contributed by atoms with Crippen molar-refractivity contribution in [2.75, 3.05) is 6.54 Å². The predicted octanol–water partition coefficient (Wildman–Crippen LogP) is 3.34. The molecule has 1 aromatic carbocycles. The first kappa shape index (κ1) is 17.7. The van der Waals surface area contributed by atoms with Gasteiger partial charge in [-0.05, 0) is 49.2 Å². The van der Waals surface area contributed by atoms with E-state index in [1.807, 2.05) is 37.4 Å². The maximum absolute atomic E-state index is 12.4. The zero-order valence-electron chi connectivity index (χ0n) is 14.1. The summed E-state index contributed by atoms with van der Waals surface area (Å²) in [5.41, 5.74) is 3.87. The number of aromatic nitrogens is 2. The van der Waals surface area contributed by atoms with Crippen LogP contribution in [0.25, 0.3) is 10.6 Å². The molecule has 0 aliphatic rings. The van der Waals surface area contributed by atoms with E-state index in [0.717, 1.165) is 27.4 Å². The van der Waals surface area contributed by atoms with E-state index in [9.17, 15) is 8.42 Å². The van der Waals surface area contributed by atoms with Gasteiger partial charge in [0, 0.05) is 36.3 Å². The highest BCUT2D eigenvalue weighted by atomic mass is 32.2. The zero-order valence-corrected chi connectivity index (χ0v) is 15.7. The van der Waals surface area contributed by atoms with Crippen molar-refractivity contribution in [1.82, 2.24) is 14.7 Å². The predicted molar refractivity (Wildman–Crippen MR) is 100 cm³/mol. The first-order valence-electron chi connectivity index (χ1n) is 7.87. The van der Waals surface area contributed by atoms with Crippen LogP contribution in [0.4, 0.5) is 0 Å². The normalized spacial score (nSPS) is 11.6. The molecule has 0 bridgehead atoms. The molecule has 7 heteroatoms. The van der Waals surface area contributed by atoms with E-state index in [2.05, 4.69) is 14.7 Å². The average molecular weight is 374 g/mol. The van der Waals surface area contributed by atoms with E-state index in [1.54, 1.807) is 24.5 Å². The molecule has 2 heterocycles. The monoisotopic (exact) mass is 373 g/mol. The quantitative estimate of drug-likeness (QED) is 0.719. The minimum absolute atomic E-state index is 0.296. The number of nitrogens with one attached hydrogen (secondary N) is 1. The van der Waals surface area contributed by atoms with Gasteiger partial charge in [0.2, 0.25) is 10.0 Å². The number of aryl methyl sites for hydroxylation is 2. The zero-order chi connectivity index (χ0) is 17.9. The summed E-state index contributed by atoms with van der Waals surface area (Å²) in [5.74, 6) is 0. The van der Waals surface area contributed by atoms with E-state index in [0.29, 0.717) is 17.9 Å². The maximum atomic E-state index is 12.4. The Morgan fingerprint density at radius 3 is 2.72 bits per heavy atom. The van der Waals surface area contributed by atoms with Gasteiger partial charge in [-0.3, -0.25) is 4.98 Å². The summed E-state index contributed by atoms with van der Waals surface area (Å²) in [7, 11) is -3.50. The van der Waals surface area contributed by atoms with Crippen molar-refractivity contribution < 1.29 is 8.42 Å². The molecule has 0 amide bonds. The number of hydrogen-bond donors (Lipinski definition) is 1. The van der Waals surface area contributed by atoms with Crippen LogP contribution >= 0.6 is 11.3 Å². The topological polar surface area (TPSA) is 72.0 Å². The summed E-state index contributed by atoms with van der Waals surface area (Å²) >= 11 is 1.53. The fourth-order valence-corrected chi connectivity index (χ4v) is 4.28. The van der Waals surface area contributed by atoms with Crippen molar-refractivity contribution in [3.05, 3.63) is 64.9 Å². The lowest BCUT2D eigenvalue weighted by atomic mass is 10.1. The molecule has 5 nitrogen and oxygen atoms in total. The Labute approximate surface area is 151 Å². The number of benzene rings is 1. The van der Waals surface area contributed by atoms with Crippen LogP contribution in [0.3, 0.4) is 0 Å². The van der Waals surface area contributed by atoms with Gasteiger partial charge >= 0.3 is 0 Å². The molecule has 0 aliphatic carbocycles. The Morgan fingerprint density at radius 2 is 2.00 bits per heavy atom. The maximum Gasteiger partial charge on any atom is 0.240 e. The van der Waals surface area contributed by atoms with Gasteiger partial charge in [0.05, 0.1) is 10.6 Å². The summed E-state index contributed by atoms with van der Waals surface area (Å²) in [5, 5.41) is 2.84. The fourth-order valence-electron chi connectivity index (χ4n) is 2.32. The molecule has 25 heavy (non-hydrogen) atoms. The van der Waals surface area contributed by atoms with Crippen molar-refractivity contribution in [1.29, 1.82) is 0 Å². The van der Waals surface area contributed by atoms with Crippen molar-refractivity contribution in [3.63, 3.8) is 0 Å². The average Bonchev–Trinajstić information content (AvgIpc) is 3.07. The second kappa shape index (κ2) is 7.43. The summed E-state index contributed by atoms with van der Waals surface area (Å²) in [4.78, 5) is 8.93. The summed E-state index contributed by atoms with van der Waals surface area (Å²) in [6.45, 7) is 4.18. The number of sulfonamides is 1. The smallest absolute Gasteiger partial charge is 0.240 e. The van der Waals surface area contributed by atoms with Gasteiger partial charge in [0.25, 0.3) is 0 Å². The molecule has 130 valence electrons. The molecular weight excluding hydrogens is 354 g/mol. The minimum Gasteiger partial charge on any atom is -0.264 e. The van der Waals surface area contributed by atoms with Crippen LogP contribution in [0.2, 0.25) is 0 Å².